The van der Waals surface area contributed by atoms with Crippen LogP contribution < -0.4 is 5.32 Å². The Morgan fingerprint density at radius 1 is 0.812 bits per heavy atom. The normalized spacial score (nSPS) is 12.2. The first-order valence-electron chi connectivity index (χ1n) is 11.7. The molecular formula is C24H43NO7. The largest absolute Gasteiger partial charge is 0.464 e. The van der Waals surface area contributed by atoms with Gasteiger partial charge in [0, 0.05) is 19.8 Å². The number of carbonyl (C=O) groups excluding carboxylic acids is 4. The second-order valence-corrected chi connectivity index (χ2v) is 9.21. The SMILES string of the molecule is CCCCCCCCC[C@H](CC(=O)OC(C)(C)C)C(=O)NC(COC(C)=O)COC(C)=O. The van der Waals surface area contributed by atoms with Crippen molar-refractivity contribution in [1.29, 1.82) is 0 Å². The van der Waals surface area contributed by atoms with E-state index in [9.17, 15) is 19.2 Å². The van der Waals surface area contributed by atoms with Gasteiger partial charge >= 0.3 is 17.9 Å². The van der Waals surface area contributed by atoms with Gasteiger partial charge in [-0.2, -0.15) is 0 Å². The summed E-state index contributed by atoms with van der Waals surface area (Å²) in [5.74, 6) is -2.35. The van der Waals surface area contributed by atoms with Gasteiger partial charge in [0.15, 0.2) is 0 Å². The van der Waals surface area contributed by atoms with E-state index in [-0.39, 0.29) is 25.5 Å². The van der Waals surface area contributed by atoms with E-state index >= 15 is 0 Å². The molecule has 0 aliphatic heterocycles. The van der Waals surface area contributed by atoms with Crippen molar-refractivity contribution in [1.82, 2.24) is 5.32 Å². The fourth-order valence-corrected chi connectivity index (χ4v) is 3.14. The number of rotatable bonds is 16. The van der Waals surface area contributed by atoms with E-state index in [1.54, 1.807) is 20.8 Å². The van der Waals surface area contributed by atoms with Crippen LogP contribution in [-0.4, -0.2) is 48.7 Å². The molecule has 0 aromatic rings. The molecule has 0 aromatic carbocycles. The monoisotopic (exact) mass is 457 g/mol. The number of amides is 1. The zero-order valence-electron chi connectivity index (χ0n) is 20.8. The van der Waals surface area contributed by atoms with Crippen molar-refractivity contribution >= 4 is 23.8 Å². The smallest absolute Gasteiger partial charge is 0.307 e. The zero-order valence-corrected chi connectivity index (χ0v) is 20.8. The van der Waals surface area contributed by atoms with E-state index in [1.807, 2.05) is 0 Å². The van der Waals surface area contributed by atoms with Crippen molar-refractivity contribution in [3.05, 3.63) is 0 Å². The molecule has 1 N–H and O–H groups in total. The molecule has 0 bridgehead atoms. The Labute approximate surface area is 193 Å². The Kier molecular flexibility index (Phi) is 15.4. The molecule has 1 atom stereocenters. The lowest BCUT2D eigenvalue weighted by molar-refractivity contribution is -0.157. The minimum atomic E-state index is -0.689. The van der Waals surface area contributed by atoms with Crippen LogP contribution in [0.15, 0.2) is 0 Å². The van der Waals surface area contributed by atoms with Gasteiger partial charge in [0.05, 0.1) is 12.5 Å². The summed E-state index contributed by atoms with van der Waals surface area (Å²) in [5, 5.41) is 2.76. The fraction of sp³-hybridized carbons (Fsp3) is 0.833. The van der Waals surface area contributed by atoms with Gasteiger partial charge in [-0.15, -0.1) is 0 Å². The van der Waals surface area contributed by atoms with Gasteiger partial charge in [-0.1, -0.05) is 51.9 Å². The van der Waals surface area contributed by atoms with E-state index in [1.165, 1.54) is 39.5 Å². The second-order valence-electron chi connectivity index (χ2n) is 9.21. The number of ether oxygens (including phenoxy) is 3. The number of hydrogen-bond donors (Lipinski definition) is 1. The van der Waals surface area contributed by atoms with Crippen molar-refractivity contribution in [2.45, 2.75) is 111 Å². The Morgan fingerprint density at radius 3 is 1.78 bits per heavy atom. The standard InChI is InChI=1S/C24H43NO7/c1-7-8-9-10-11-12-13-14-20(15-22(28)32-24(4,5)6)23(29)25-21(16-30-18(2)26)17-31-19(3)27/h20-21H,7-17H2,1-6H3,(H,25,29)/t20-/m1/s1. The third kappa shape index (κ3) is 17.5. The average molecular weight is 458 g/mol. The van der Waals surface area contributed by atoms with Crippen LogP contribution in [0.3, 0.4) is 0 Å². The topological polar surface area (TPSA) is 108 Å². The van der Waals surface area contributed by atoms with Gasteiger partial charge in [0.1, 0.15) is 18.8 Å². The summed E-state index contributed by atoms with van der Waals surface area (Å²) in [4.78, 5) is 47.6. The molecule has 0 fully saturated rings. The lowest BCUT2D eigenvalue weighted by Gasteiger charge is -2.24. The van der Waals surface area contributed by atoms with E-state index in [0.29, 0.717) is 6.42 Å². The van der Waals surface area contributed by atoms with Crippen LogP contribution in [0.2, 0.25) is 0 Å². The summed E-state index contributed by atoms with van der Waals surface area (Å²) in [6, 6.07) is -0.689. The van der Waals surface area contributed by atoms with Gasteiger partial charge < -0.3 is 19.5 Å². The Bertz CT molecular complexity index is 565. The molecule has 0 aromatic heterocycles. The molecular weight excluding hydrogens is 414 g/mol. The zero-order chi connectivity index (χ0) is 24.6. The van der Waals surface area contributed by atoms with Gasteiger partial charge in [0.25, 0.3) is 0 Å². The maximum Gasteiger partial charge on any atom is 0.307 e. The average Bonchev–Trinajstić information content (AvgIpc) is 2.66. The molecule has 8 heteroatoms. The van der Waals surface area contributed by atoms with Gasteiger partial charge in [-0.3, -0.25) is 19.2 Å². The maximum absolute atomic E-state index is 12.9. The number of carbonyl (C=O) groups is 4. The molecule has 0 radical (unpaired) electrons. The van der Waals surface area contributed by atoms with Crippen molar-refractivity contribution in [2.75, 3.05) is 13.2 Å². The Hall–Kier alpha value is -2.12. The third-order valence-corrected chi connectivity index (χ3v) is 4.68. The van der Waals surface area contributed by atoms with Gasteiger partial charge in [-0.25, -0.2) is 0 Å². The molecule has 0 spiro atoms. The highest BCUT2D eigenvalue weighted by Crippen LogP contribution is 2.19. The van der Waals surface area contributed by atoms with Crippen LogP contribution in [0.25, 0.3) is 0 Å². The molecule has 0 saturated heterocycles. The molecule has 8 nitrogen and oxygen atoms in total. The maximum atomic E-state index is 12.9. The number of esters is 3. The highest BCUT2D eigenvalue weighted by molar-refractivity contribution is 5.84. The molecule has 0 aliphatic carbocycles. The van der Waals surface area contributed by atoms with Crippen molar-refractivity contribution in [2.24, 2.45) is 5.92 Å². The van der Waals surface area contributed by atoms with Crippen LogP contribution in [0, 0.1) is 5.92 Å². The van der Waals surface area contributed by atoms with Crippen molar-refractivity contribution < 1.29 is 33.4 Å². The molecule has 0 rings (SSSR count). The molecule has 0 aliphatic rings. The van der Waals surface area contributed by atoms with Crippen molar-refractivity contribution in [3.8, 4) is 0 Å². The molecule has 0 saturated carbocycles. The summed E-state index contributed by atoms with van der Waals surface area (Å²) >= 11 is 0. The first-order valence-corrected chi connectivity index (χ1v) is 11.7. The summed E-state index contributed by atoms with van der Waals surface area (Å²) < 4.78 is 15.3. The first-order chi connectivity index (χ1) is 14.9. The fourth-order valence-electron chi connectivity index (χ4n) is 3.14. The van der Waals surface area contributed by atoms with Crippen molar-refractivity contribution in [3.63, 3.8) is 0 Å². The van der Waals surface area contributed by atoms with Crippen LogP contribution in [-0.2, 0) is 33.4 Å². The van der Waals surface area contributed by atoms with E-state index in [2.05, 4.69) is 12.2 Å². The van der Waals surface area contributed by atoms with E-state index < -0.39 is 35.5 Å². The van der Waals surface area contributed by atoms with Gasteiger partial charge in [-0.05, 0) is 27.2 Å². The Balaban J connectivity index is 4.98. The van der Waals surface area contributed by atoms with Gasteiger partial charge in [0.2, 0.25) is 5.91 Å². The minimum absolute atomic E-state index is 0.0349. The van der Waals surface area contributed by atoms with E-state index in [4.69, 9.17) is 14.2 Å². The first kappa shape index (κ1) is 29.9. The number of hydrogen-bond acceptors (Lipinski definition) is 7. The molecule has 0 heterocycles. The third-order valence-electron chi connectivity index (χ3n) is 4.68. The summed E-state index contributed by atoms with van der Waals surface area (Å²) in [6.07, 6.45) is 8.24. The lowest BCUT2D eigenvalue weighted by Crippen LogP contribution is -2.45. The van der Waals surface area contributed by atoms with E-state index in [0.717, 1.165) is 19.3 Å². The highest BCUT2D eigenvalue weighted by atomic mass is 16.6. The molecule has 32 heavy (non-hydrogen) atoms. The predicted octanol–water partition coefficient (Wildman–Crippen LogP) is 4.09. The minimum Gasteiger partial charge on any atom is -0.464 e. The molecule has 186 valence electrons. The number of nitrogens with one attached hydrogen (secondary N) is 1. The highest BCUT2D eigenvalue weighted by Gasteiger charge is 2.27. The summed E-state index contributed by atoms with van der Waals surface area (Å²) in [5.41, 5.74) is -0.634. The lowest BCUT2D eigenvalue weighted by atomic mass is 9.95. The summed E-state index contributed by atoms with van der Waals surface area (Å²) in [7, 11) is 0. The Morgan fingerprint density at radius 2 is 1.31 bits per heavy atom. The van der Waals surface area contributed by atoms with Crippen LogP contribution in [0.4, 0.5) is 0 Å². The second kappa shape index (κ2) is 16.5. The number of unbranched alkanes of at least 4 members (excludes halogenated alkanes) is 6. The quantitative estimate of drug-likeness (QED) is 0.211. The predicted molar refractivity (Wildman–Crippen MR) is 122 cm³/mol. The summed E-state index contributed by atoms with van der Waals surface area (Å²) in [6.45, 7) is 9.80. The molecule has 1 amide bonds. The van der Waals surface area contributed by atoms with Crippen LogP contribution in [0.1, 0.15) is 99.3 Å². The van der Waals surface area contributed by atoms with Crippen LogP contribution in [0.5, 0.6) is 0 Å². The molecule has 0 unspecified atom stereocenters. The van der Waals surface area contributed by atoms with Crippen LogP contribution >= 0.6 is 0 Å².